The van der Waals surface area contributed by atoms with Gasteiger partial charge >= 0.3 is 5.97 Å². The molecule has 0 bridgehead atoms. The molecule has 0 radical (unpaired) electrons. The van der Waals surface area contributed by atoms with Crippen LogP contribution < -0.4 is 9.47 Å². The Morgan fingerprint density at radius 1 is 1.21 bits per heavy atom. The van der Waals surface area contributed by atoms with Crippen molar-refractivity contribution in [2.45, 2.75) is 0 Å². The predicted molar refractivity (Wildman–Crippen MR) is 114 cm³/mol. The molecule has 3 rings (SSSR count). The van der Waals surface area contributed by atoms with E-state index in [-0.39, 0.29) is 5.91 Å². The lowest BCUT2D eigenvalue weighted by Gasteiger charge is -2.10. The quantitative estimate of drug-likeness (QED) is 0.232. The minimum Gasteiger partial charge on any atom is -0.497 e. The molecule has 5 nitrogen and oxygen atoms in total. The summed E-state index contributed by atoms with van der Waals surface area (Å²) in [5.41, 5.74) is 1.01. The van der Waals surface area contributed by atoms with Gasteiger partial charge in [-0.3, -0.25) is 9.69 Å². The van der Waals surface area contributed by atoms with E-state index in [0.717, 1.165) is 0 Å². The Bertz CT molecular complexity index is 967. The summed E-state index contributed by atoms with van der Waals surface area (Å²) in [5, 5.41) is 0. The molecule has 0 unspecified atom stereocenters. The Hall–Kier alpha value is -2.90. The van der Waals surface area contributed by atoms with Gasteiger partial charge in [0.1, 0.15) is 15.8 Å². The van der Waals surface area contributed by atoms with Gasteiger partial charge in [0.05, 0.1) is 17.6 Å². The predicted octanol–water partition coefficient (Wildman–Crippen LogP) is 4.30. The maximum Gasteiger partial charge on any atom is 0.343 e. The van der Waals surface area contributed by atoms with Crippen LogP contribution in [0.2, 0.25) is 0 Å². The zero-order chi connectivity index (χ0) is 20.1. The molecule has 1 heterocycles. The molecule has 0 atom stereocenters. The minimum absolute atomic E-state index is 0.189. The first-order valence-electron chi connectivity index (χ1n) is 8.35. The van der Waals surface area contributed by atoms with Crippen molar-refractivity contribution in [2.24, 2.45) is 0 Å². The van der Waals surface area contributed by atoms with Gasteiger partial charge in [-0.25, -0.2) is 4.79 Å². The summed E-state index contributed by atoms with van der Waals surface area (Å²) in [6.07, 6.45) is 3.30. The van der Waals surface area contributed by atoms with E-state index in [1.54, 1.807) is 67.8 Å². The number of rotatable bonds is 6. The van der Waals surface area contributed by atoms with Gasteiger partial charge in [-0.05, 0) is 36.4 Å². The Kier molecular flexibility index (Phi) is 6.28. The molecule has 28 heavy (non-hydrogen) atoms. The number of carbonyl (C=O) groups is 2. The van der Waals surface area contributed by atoms with Crippen molar-refractivity contribution in [3.8, 4) is 11.5 Å². The molecule has 1 aliphatic rings. The highest BCUT2D eigenvalue weighted by Crippen LogP contribution is 2.34. The molecule has 0 aromatic heterocycles. The molecule has 1 aliphatic heterocycles. The standard InChI is InChI=1S/C21H17NO4S2/c1-3-12-22-19(23)18(28-21(22)27)13-15-6-4-5-7-17(15)26-20(24)14-8-10-16(25-2)11-9-14/h3-11,13H,1,12H2,2H3/b18-13-. The van der Waals surface area contributed by atoms with Gasteiger partial charge in [0.15, 0.2) is 0 Å². The van der Waals surface area contributed by atoms with Crippen LogP contribution in [-0.4, -0.2) is 34.8 Å². The van der Waals surface area contributed by atoms with Crippen LogP contribution in [0.4, 0.5) is 0 Å². The number of methoxy groups -OCH3 is 1. The zero-order valence-electron chi connectivity index (χ0n) is 15.1. The normalized spacial score (nSPS) is 15.0. The minimum atomic E-state index is -0.497. The first-order chi connectivity index (χ1) is 13.5. The first-order valence-corrected chi connectivity index (χ1v) is 9.57. The average molecular weight is 412 g/mol. The lowest BCUT2D eigenvalue weighted by Crippen LogP contribution is -2.27. The number of carbonyl (C=O) groups excluding carboxylic acids is 2. The number of esters is 1. The van der Waals surface area contributed by atoms with Crippen LogP contribution in [0.3, 0.4) is 0 Å². The molecule has 0 spiro atoms. The largest absolute Gasteiger partial charge is 0.497 e. The SMILES string of the molecule is C=CCN1C(=O)/C(=C/c2ccccc2OC(=O)c2ccc(OC)cc2)SC1=S. The number of ether oxygens (including phenoxy) is 2. The Labute approximate surface area is 172 Å². The summed E-state index contributed by atoms with van der Waals surface area (Å²) in [6.45, 7) is 4.00. The number of hydrogen-bond acceptors (Lipinski definition) is 6. The summed E-state index contributed by atoms with van der Waals surface area (Å²) < 4.78 is 11.1. The zero-order valence-corrected chi connectivity index (χ0v) is 16.7. The second kappa shape index (κ2) is 8.86. The second-order valence-corrected chi connectivity index (χ2v) is 7.41. The topological polar surface area (TPSA) is 55.8 Å². The summed E-state index contributed by atoms with van der Waals surface area (Å²) in [6, 6.07) is 13.7. The molecular weight excluding hydrogens is 394 g/mol. The number of benzene rings is 2. The third kappa shape index (κ3) is 4.32. The number of thiocarbonyl (C=S) groups is 1. The van der Waals surface area contributed by atoms with Crippen LogP contribution in [0, 0.1) is 0 Å². The van der Waals surface area contributed by atoms with E-state index < -0.39 is 5.97 Å². The number of nitrogens with zero attached hydrogens (tertiary/aromatic N) is 1. The van der Waals surface area contributed by atoms with Crippen LogP contribution in [0.15, 0.2) is 66.1 Å². The van der Waals surface area contributed by atoms with Crippen molar-refractivity contribution in [3.05, 3.63) is 77.2 Å². The van der Waals surface area contributed by atoms with Crippen molar-refractivity contribution in [2.75, 3.05) is 13.7 Å². The van der Waals surface area contributed by atoms with E-state index in [2.05, 4.69) is 6.58 Å². The number of amides is 1. The number of thioether (sulfide) groups is 1. The first kappa shape index (κ1) is 19.9. The van der Waals surface area contributed by atoms with Gasteiger partial charge in [-0.15, -0.1) is 6.58 Å². The smallest absolute Gasteiger partial charge is 0.343 e. The fraction of sp³-hybridized carbons (Fsp3) is 0.0952. The van der Waals surface area contributed by atoms with Crippen LogP contribution in [0.25, 0.3) is 6.08 Å². The fourth-order valence-corrected chi connectivity index (χ4v) is 3.77. The third-order valence-corrected chi connectivity index (χ3v) is 5.30. The molecule has 0 saturated carbocycles. The van der Waals surface area contributed by atoms with Crippen LogP contribution in [0.1, 0.15) is 15.9 Å². The van der Waals surface area contributed by atoms with Gasteiger partial charge in [0.25, 0.3) is 5.91 Å². The van der Waals surface area contributed by atoms with E-state index >= 15 is 0 Å². The molecule has 1 amide bonds. The molecule has 7 heteroatoms. The van der Waals surface area contributed by atoms with Crippen LogP contribution in [-0.2, 0) is 4.79 Å². The van der Waals surface area contributed by atoms with E-state index in [0.29, 0.717) is 38.4 Å². The van der Waals surface area contributed by atoms with Gasteiger partial charge < -0.3 is 9.47 Å². The van der Waals surface area contributed by atoms with Gasteiger partial charge in [-0.1, -0.05) is 48.3 Å². The monoisotopic (exact) mass is 411 g/mol. The summed E-state index contributed by atoms with van der Waals surface area (Å²) in [4.78, 5) is 26.9. The maximum absolute atomic E-state index is 12.5. The van der Waals surface area contributed by atoms with Gasteiger partial charge in [0.2, 0.25) is 0 Å². The molecule has 1 saturated heterocycles. The highest BCUT2D eigenvalue weighted by atomic mass is 32.2. The highest BCUT2D eigenvalue weighted by molar-refractivity contribution is 8.26. The molecule has 0 aliphatic carbocycles. The molecule has 1 fully saturated rings. The van der Waals surface area contributed by atoms with Crippen molar-refractivity contribution >= 4 is 46.3 Å². The second-order valence-electron chi connectivity index (χ2n) is 5.74. The van der Waals surface area contributed by atoms with E-state index in [9.17, 15) is 9.59 Å². The Morgan fingerprint density at radius 2 is 1.93 bits per heavy atom. The van der Waals surface area contributed by atoms with E-state index in [4.69, 9.17) is 21.7 Å². The summed E-state index contributed by atoms with van der Waals surface area (Å²) in [5.74, 6) is 0.324. The van der Waals surface area contributed by atoms with Crippen molar-refractivity contribution in [1.29, 1.82) is 0 Å². The van der Waals surface area contributed by atoms with Crippen molar-refractivity contribution in [3.63, 3.8) is 0 Å². The maximum atomic E-state index is 12.5. The third-order valence-electron chi connectivity index (χ3n) is 3.92. The molecule has 2 aromatic carbocycles. The van der Waals surface area contributed by atoms with Gasteiger partial charge in [-0.2, -0.15) is 0 Å². The van der Waals surface area contributed by atoms with Crippen molar-refractivity contribution < 1.29 is 19.1 Å². The number of para-hydroxylation sites is 1. The lowest BCUT2D eigenvalue weighted by molar-refractivity contribution is -0.121. The average Bonchev–Trinajstić information content (AvgIpc) is 2.97. The molecule has 142 valence electrons. The van der Waals surface area contributed by atoms with E-state index in [1.807, 2.05) is 0 Å². The van der Waals surface area contributed by atoms with Crippen LogP contribution in [0.5, 0.6) is 11.5 Å². The Balaban J connectivity index is 1.83. The number of hydrogen-bond donors (Lipinski definition) is 0. The lowest BCUT2D eigenvalue weighted by atomic mass is 10.1. The van der Waals surface area contributed by atoms with Gasteiger partial charge in [0, 0.05) is 12.1 Å². The molecule has 2 aromatic rings. The summed E-state index contributed by atoms with van der Waals surface area (Å²) >= 11 is 6.46. The fourth-order valence-electron chi connectivity index (χ4n) is 2.51. The van der Waals surface area contributed by atoms with Crippen molar-refractivity contribution in [1.82, 2.24) is 4.90 Å². The Morgan fingerprint density at radius 3 is 2.61 bits per heavy atom. The van der Waals surface area contributed by atoms with Crippen LogP contribution >= 0.6 is 24.0 Å². The summed E-state index contributed by atoms with van der Waals surface area (Å²) in [7, 11) is 1.56. The molecule has 0 N–H and O–H groups in total. The van der Waals surface area contributed by atoms with E-state index in [1.165, 1.54) is 16.7 Å². The molecular formula is C21H17NO4S2. The highest BCUT2D eigenvalue weighted by Gasteiger charge is 2.31.